The standard InChI is InChI=1S/C14H20N4O/c1-14(19)6-8-17(10-14)13-11(9-15-2)18-7-4-3-5-12(18)16-13/h3-5,7,15,19H,6,8-10H2,1-2H3. The van der Waals surface area contributed by atoms with Crippen LogP contribution < -0.4 is 10.2 Å². The minimum atomic E-state index is -0.604. The first-order chi connectivity index (χ1) is 9.11. The zero-order chi connectivity index (χ0) is 13.5. The van der Waals surface area contributed by atoms with E-state index in [0.29, 0.717) is 6.54 Å². The Kier molecular flexibility index (Phi) is 2.95. The summed E-state index contributed by atoms with van der Waals surface area (Å²) >= 11 is 0. The summed E-state index contributed by atoms with van der Waals surface area (Å²) < 4.78 is 2.11. The average Bonchev–Trinajstić information content (AvgIpc) is 2.91. The molecule has 0 bridgehead atoms. The number of hydrogen-bond acceptors (Lipinski definition) is 4. The maximum absolute atomic E-state index is 10.1. The maximum Gasteiger partial charge on any atom is 0.152 e. The third-order valence-corrected chi connectivity index (χ3v) is 3.70. The van der Waals surface area contributed by atoms with Crippen molar-refractivity contribution in [1.29, 1.82) is 0 Å². The molecule has 0 aliphatic carbocycles. The van der Waals surface area contributed by atoms with Gasteiger partial charge in [-0.3, -0.25) is 0 Å². The van der Waals surface area contributed by atoms with Crippen LogP contribution in [0, 0.1) is 0 Å². The van der Waals surface area contributed by atoms with Gasteiger partial charge in [-0.1, -0.05) is 6.07 Å². The molecule has 0 spiro atoms. The Bertz CT molecular complexity index is 590. The molecule has 1 aliphatic rings. The third-order valence-electron chi connectivity index (χ3n) is 3.70. The predicted molar refractivity (Wildman–Crippen MR) is 75.4 cm³/mol. The lowest BCUT2D eigenvalue weighted by Gasteiger charge is -2.20. The molecule has 3 rings (SSSR count). The van der Waals surface area contributed by atoms with Crippen LogP contribution in [0.15, 0.2) is 24.4 Å². The fraction of sp³-hybridized carbons (Fsp3) is 0.500. The van der Waals surface area contributed by atoms with E-state index in [0.717, 1.165) is 36.7 Å². The molecule has 0 aromatic carbocycles. The van der Waals surface area contributed by atoms with Gasteiger partial charge in [0.25, 0.3) is 0 Å². The minimum absolute atomic E-state index is 0.604. The van der Waals surface area contributed by atoms with Gasteiger partial charge in [0.15, 0.2) is 5.82 Å². The Balaban J connectivity index is 2.05. The van der Waals surface area contributed by atoms with Crippen LogP contribution in [0.5, 0.6) is 0 Å². The molecule has 2 N–H and O–H groups in total. The van der Waals surface area contributed by atoms with E-state index in [9.17, 15) is 5.11 Å². The SMILES string of the molecule is CNCc1c(N2CCC(C)(O)C2)nc2ccccn12. The number of nitrogens with zero attached hydrogens (tertiary/aromatic N) is 3. The molecular formula is C14H20N4O. The van der Waals surface area contributed by atoms with Gasteiger partial charge in [0.05, 0.1) is 11.3 Å². The van der Waals surface area contributed by atoms with Crippen molar-refractivity contribution in [2.75, 3.05) is 25.0 Å². The molecule has 1 unspecified atom stereocenters. The molecule has 102 valence electrons. The number of aromatic nitrogens is 2. The van der Waals surface area contributed by atoms with E-state index >= 15 is 0 Å². The van der Waals surface area contributed by atoms with Crippen molar-refractivity contribution < 1.29 is 5.11 Å². The number of fused-ring (bicyclic) bond motifs is 1. The number of rotatable bonds is 3. The molecule has 0 amide bonds. The summed E-state index contributed by atoms with van der Waals surface area (Å²) in [6.07, 6.45) is 2.83. The van der Waals surface area contributed by atoms with Gasteiger partial charge in [0, 0.05) is 25.8 Å². The highest BCUT2D eigenvalue weighted by molar-refractivity contribution is 5.56. The minimum Gasteiger partial charge on any atom is -0.388 e. The van der Waals surface area contributed by atoms with E-state index in [2.05, 4.69) is 14.6 Å². The summed E-state index contributed by atoms with van der Waals surface area (Å²) in [6.45, 7) is 4.15. The third kappa shape index (κ3) is 2.19. The van der Waals surface area contributed by atoms with E-state index in [4.69, 9.17) is 4.98 Å². The number of pyridine rings is 1. The first-order valence-corrected chi connectivity index (χ1v) is 6.69. The fourth-order valence-corrected chi connectivity index (χ4v) is 2.74. The number of nitrogens with one attached hydrogen (secondary N) is 1. The Morgan fingerprint density at radius 2 is 2.32 bits per heavy atom. The van der Waals surface area contributed by atoms with E-state index < -0.39 is 5.60 Å². The van der Waals surface area contributed by atoms with E-state index in [1.807, 2.05) is 38.4 Å². The zero-order valence-corrected chi connectivity index (χ0v) is 11.4. The van der Waals surface area contributed by atoms with Crippen LogP contribution in [0.1, 0.15) is 19.0 Å². The molecule has 2 aromatic rings. The first-order valence-electron chi connectivity index (χ1n) is 6.69. The largest absolute Gasteiger partial charge is 0.388 e. The molecule has 1 atom stereocenters. The summed E-state index contributed by atoms with van der Waals surface area (Å²) in [4.78, 5) is 6.90. The maximum atomic E-state index is 10.1. The molecule has 1 fully saturated rings. The van der Waals surface area contributed by atoms with Gasteiger partial charge in [-0.15, -0.1) is 0 Å². The lowest BCUT2D eigenvalue weighted by molar-refractivity contribution is 0.0839. The van der Waals surface area contributed by atoms with Crippen LogP contribution >= 0.6 is 0 Å². The topological polar surface area (TPSA) is 52.8 Å². The first kappa shape index (κ1) is 12.4. The Morgan fingerprint density at radius 1 is 1.47 bits per heavy atom. The van der Waals surface area contributed by atoms with Gasteiger partial charge in [-0.25, -0.2) is 4.98 Å². The van der Waals surface area contributed by atoms with Gasteiger partial charge in [0.1, 0.15) is 5.65 Å². The summed E-state index contributed by atoms with van der Waals surface area (Å²) in [6, 6.07) is 6.02. The molecule has 1 aliphatic heterocycles. The van der Waals surface area contributed by atoms with Crippen molar-refractivity contribution in [2.24, 2.45) is 0 Å². The molecule has 1 saturated heterocycles. The molecule has 5 heteroatoms. The van der Waals surface area contributed by atoms with Crippen molar-refractivity contribution in [3.63, 3.8) is 0 Å². The molecule has 19 heavy (non-hydrogen) atoms. The van der Waals surface area contributed by atoms with Crippen LogP contribution in [0.4, 0.5) is 5.82 Å². The second-order valence-corrected chi connectivity index (χ2v) is 5.51. The summed E-state index contributed by atoms with van der Waals surface area (Å²) in [5, 5.41) is 13.3. The van der Waals surface area contributed by atoms with E-state index in [1.165, 1.54) is 0 Å². The Hall–Kier alpha value is -1.59. The van der Waals surface area contributed by atoms with Crippen LogP contribution in [-0.4, -0.2) is 40.2 Å². The van der Waals surface area contributed by atoms with Crippen LogP contribution in [0.3, 0.4) is 0 Å². The van der Waals surface area contributed by atoms with Crippen molar-refractivity contribution in [3.05, 3.63) is 30.1 Å². The fourth-order valence-electron chi connectivity index (χ4n) is 2.74. The molecule has 5 nitrogen and oxygen atoms in total. The van der Waals surface area contributed by atoms with Gasteiger partial charge in [-0.05, 0) is 32.5 Å². The predicted octanol–water partition coefficient (Wildman–Crippen LogP) is 1.01. The van der Waals surface area contributed by atoms with Crippen molar-refractivity contribution in [1.82, 2.24) is 14.7 Å². The van der Waals surface area contributed by atoms with E-state index in [1.54, 1.807) is 0 Å². The van der Waals surface area contributed by atoms with Gasteiger partial charge in [-0.2, -0.15) is 0 Å². The zero-order valence-electron chi connectivity index (χ0n) is 11.4. The highest BCUT2D eigenvalue weighted by Gasteiger charge is 2.33. The number of aliphatic hydroxyl groups is 1. The molecule has 0 radical (unpaired) electrons. The van der Waals surface area contributed by atoms with Gasteiger partial charge >= 0.3 is 0 Å². The van der Waals surface area contributed by atoms with Crippen molar-refractivity contribution in [3.8, 4) is 0 Å². The summed E-state index contributed by atoms with van der Waals surface area (Å²) in [5.74, 6) is 0.985. The second-order valence-electron chi connectivity index (χ2n) is 5.51. The van der Waals surface area contributed by atoms with Gasteiger partial charge < -0.3 is 19.7 Å². The highest BCUT2D eigenvalue weighted by Crippen LogP contribution is 2.29. The molecule has 0 saturated carbocycles. The average molecular weight is 260 g/mol. The highest BCUT2D eigenvalue weighted by atomic mass is 16.3. The summed E-state index contributed by atoms with van der Waals surface area (Å²) in [7, 11) is 1.94. The second kappa shape index (κ2) is 4.51. The van der Waals surface area contributed by atoms with Crippen LogP contribution in [0.25, 0.3) is 5.65 Å². The van der Waals surface area contributed by atoms with Crippen molar-refractivity contribution in [2.45, 2.75) is 25.5 Å². The number of imidazole rings is 1. The Labute approximate surface area is 112 Å². The lowest BCUT2D eigenvalue weighted by atomic mass is 10.1. The number of hydrogen-bond donors (Lipinski definition) is 2. The van der Waals surface area contributed by atoms with E-state index in [-0.39, 0.29) is 0 Å². The van der Waals surface area contributed by atoms with Crippen LogP contribution in [0.2, 0.25) is 0 Å². The molecule has 2 aromatic heterocycles. The normalized spacial score (nSPS) is 23.4. The monoisotopic (exact) mass is 260 g/mol. The lowest BCUT2D eigenvalue weighted by Crippen LogP contribution is -2.30. The molecular weight excluding hydrogens is 240 g/mol. The van der Waals surface area contributed by atoms with Gasteiger partial charge in [0.2, 0.25) is 0 Å². The van der Waals surface area contributed by atoms with Crippen LogP contribution in [-0.2, 0) is 6.54 Å². The Morgan fingerprint density at radius 3 is 3.00 bits per heavy atom. The number of anilines is 1. The number of β-amino-alcohol motifs (C(OH)–C–C–N with tert-alkyl or cyclic N) is 1. The molecule has 3 heterocycles. The van der Waals surface area contributed by atoms with Crippen molar-refractivity contribution >= 4 is 11.5 Å². The smallest absolute Gasteiger partial charge is 0.152 e. The quantitative estimate of drug-likeness (QED) is 0.865. The summed E-state index contributed by atoms with van der Waals surface area (Å²) in [5.41, 5.74) is 1.50.